The minimum absolute atomic E-state index is 0.550. The second-order valence-corrected chi connectivity index (χ2v) is 6.77. The topological polar surface area (TPSA) is 77.4 Å². The molecule has 7 nitrogen and oxygen atoms in total. The molecule has 2 aromatic carbocycles. The Hall–Kier alpha value is -3.19. The van der Waals surface area contributed by atoms with Crippen molar-refractivity contribution in [2.75, 3.05) is 14.2 Å². The molecule has 0 N–H and O–H groups in total. The standard InChI is InChI=1S/C21H22N4O3/c1-13-18(11-25(3)12-20-24-23-14(2)28-20)22-21(27-13)17-9-10-19(26-4)16-8-6-5-7-15(16)17/h5-10H,11-12H2,1-4H3. The van der Waals surface area contributed by atoms with Crippen LogP contribution < -0.4 is 4.74 Å². The average molecular weight is 378 g/mol. The van der Waals surface area contributed by atoms with Crippen LogP contribution >= 0.6 is 0 Å². The molecule has 144 valence electrons. The number of benzene rings is 2. The van der Waals surface area contributed by atoms with Gasteiger partial charge in [0.25, 0.3) is 0 Å². The van der Waals surface area contributed by atoms with Crippen molar-refractivity contribution in [2.45, 2.75) is 26.9 Å². The first-order valence-corrected chi connectivity index (χ1v) is 9.05. The predicted octanol–water partition coefficient (Wildman–Crippen LogP) is 4.14. The van der Waals surface area contributed by atoms with E-state index in [1.807, 2.05) is 44.3 Å². The normalized spacial score (nSPS) is 11.5. The Morgan fingerprint density at radius 3 is 2.46 bits per heavy atom. The fraction of sp³-hybridized carbons (Fsp3) is 0.286. The molecule has 0 fully saturated rings. The van der Waals surface area contributed by atoms with Crippen LogP contribution in [0.15, 0.2) is 45.2 Å². The first-order chi connectivity index (χ1) is 13.5. The second kappa shape index (κ2) is 7.44. The third kappa shape index (κ3) is 3.48. The van der Waals surface area contributed by atoms with E-state index in [-0.39, 0.29) is 0 Å². The van der Waals surface area contributed by atoms with Crippen molar-refractivity contribution in [1.82, 2.24) is 20.1 Å². The van der Waals surface area contributed by atoms with E-state index in [2.05, 4.69) is 21.2 Å². The number of aryl methyl sites for hydroxylation is 2. The fourth-order valence-corrected chi connectivity index (χ4v) is 3.27. The van der Waals surface area contributed by atoms with E-state index in [0.717, 1.165) is 33.5 Å². The van der Waals surface area contributed by atoms with Crippen LogP contribution in [0.3, 0.4) is 0 Å². The number of hydrogen-bond donors (Lipinski definition) is 0. The van der Waals surface area contributed by atoms with E-state index in [1.165, 1.54) is 0 Å². The summed E-state index contributed by atoms with van der Waals surface area (Å²) in [5, 5.41) is 9.98. The lowest BCUT2D eigenvalue weighted by Gasteiger charge is -2.12. The Morgan fingerprint density at radius 1 is 0.964 bits per heavy atom. The number of rotatable bonds is 6. The summed E-state index contributed by atoms with van der Waals surface area (Å²) < 4.78 is 16.9. The Labute approximate surface area is 163 Å². The van der Waals surface area contributed by atoms with Crippen LogP contribution in [0.1, 0.15) is 23.2 Å². The van der Waals surface area contributed by atoms with Gasteiger partial charge in [0, 0.05) is 24.4 Å². The van der Waals surface area contributed by atoms with Crippen LogP contribution in [-0.4, -0.2) is 34.2 Å². The highest BCUT2D eigenvalue weighted by atomic mass is 16.5. The first kappa shape index (κ1) is 18.2. The van der Waals surface area contributed by atoms with Gasteiger partial charge in [0.1, 0.15) is 11.5 Å². The summed E-state index contributed by atoms with van der Waals surface area (Å²) in [5.41, 5.74) is 1.83. The summed E-state index contributed by atoms with van der Waals surface area (Å²) in [4.78, 5) is 6.82. The van der Waals surface area contributed by atoms with E-state index >= 15 is 0 Å². The lowest BCUT2D eigenvalue weighted by Crippen LogP contribution is -2.18. The zero-order chi connectivity index (χ0) is 19.7. The average Bonchev–Trinajstić information content (AvgIpc) is 3.26. The first-order valence-electron chi connectivity index (χ1n) is 9.05. The van der Waals surface area contributed by atoms with Crippen molar-refractivity contribution in [3.8, 4) is 17.2 Å². The highest BCUT2D eigenvalue weighted by Crippen LogP contribution is 2.34. The largest absolute Gasteiger partial charge is 0.496 e. The number of methoxy groups -OCH3 is 1. The maximum atomic E-state index is 6.01. The Kier molecular flexibility index (Phi) is 4.83. The van der Waals surface area contributed by atoms with Gasteiger partial charge in [-0.15, -0.1) is 10.2 Å². The lowest BCUT2D eigenvalue weighted by molar-refractivity contribution is 0.275. The van der Waals surface area contributed by atoms with Gasteiger partial charge >= 0.3 is 0 Å². The van der Waals surface area contributed by atoms with Crippen LogP contribution in [0.5, 0.6) is 5.75 Å². The molecule has 0 unspecified atom stereocenters. The molecule has 0 amide bonds. The van der Waals surface area contributed by atoms with Crippen LogP contribution in [0.25, 0.3) is 22.2 Å². The second-order valence-electron chi connectivity index (χ2n) is 6.77. The summed E-state index contributed by atoms with van der Waals surface area (Å²) in [5.74, 6) is 3.38. The Morgan fingerprint density at radius 2 is 1.75 bits per heavy atom. The van der Waals surface area contributed by atoms with Crippen molar-refractivity contribution >= 4 is 10.8 Å². The number of hydrogen-bond acceptors (Lipinski definition) is 7. The molecule has 0 spiro atoms. The molecule has 2 heterocycles. The van der Waals surface area contributed by atoms with Gasteiger partial charge in [0.15, 0.2) is 0 Å². The van der Waals surface area contributed by atoms with Crippen LogP contribution in [0.2, 0.25) is 0 Å². The monoisotopic (exact) mass is 378 g/mol. The SMILES string of the molecule is COc1ccc(-c2nc(CN(C)Cc3nnc(C)o3)c(C)o2)c2ccccc12. The zero-order valence-electron chi connectivity index (χ0n) is 16.4. The summed E-state index contributed by atoms with van der Waals surface area (Å²) >= 11 is 0. The molecular weight excluding hydrogens is 356 g/mol. The third-order valence-corrected chi connectivity index (χ3v) is 4.62. The molecule has 4 aromatic rings. The molecule has 0 saturated carbocycles. The molecule has 0 bridgehead atoms. The van der Waals surface area contributed by atoms with Gasteiger partial charge < -0.3 is 13.6 Å². The zero-order valence-corrected chi connectivity index (χ0v) is 16.4. The minimum Gasteiger partial charge on any atom is -0.496 e. The highest BCUT2D eigenvalue weighted by molar-refractivity contribution is 5.98. The summed E-state index contributed by atoms with van der Waals surface area (Å²) in [6.45, 7) is 4.88. The highest BCUT2D eigenvalue weighted by Gasteiger charge is 2.17. The number of oxazole rings is 1. The van der Waals surface area contributed by atoms with Gasteiger partial charge in [-0.1, -0.05) is 24.3 Å². The summed E-state index contributed by atoms with van der Waals surface area (Å²) in [6.07, 6.45) is 0. The molecule has 4 rings (SSSR count). The van der Waals surface area contributed by atoms with Crippen LogP contribution in [0.4, 0.5) is 0 Å². The van der Waals surface area contributed by atoms with E-state index in [4.69, 9.17) is 18.6 Å². The maximum absolute atomic E-state index is 6.01. The molecule has 0 saturated heterocycles. The molecule has 0 radical (unpaired) electrons. The lowest BCUT2D eigenvalue weighted by atomic mass is 10.0. The summed E-state index contributed by atoms with van der Waals surface area (Å²) in [7, 11) is 3.66. The molecule has 28 heavy (non-hydrogen) atoms. The quantitative estimate of drug-likeness (QED) is 0.499. The number of nitrogens with zero attached hydrogens (tertiary/aromatic N) is 4. The van der Waals surface area contributed by atoms with Crippen molar-refractivity contribution in [3.05, 3.63) is 59.6 Å². The van der Waals surface area contributed by atoms with Crippen molar-refractivity contribution in [3.63, 3.8) is 0 Å². The number of ether oxygens (including phenoxy) is 1. The molecular formula is C21H22N4O3. The maximum Gasteiger partial charge on any atom is 0.230 e. The van der Waals surface area contributed by atoms with Gasteiger partial charge in [0.2, 0.25) is 17.7 Å². The van der Waals surface area contributed by atoms with Gasteiger partial charge in [-0.05, 0) is 31.5 Å². The Bertz CT molecular complexity index is 1120. The molecule has 2 aromatic heterocycles. The van der Waals surface area contributed by atoms with E-state index in [0.29, 0.717) is 30.8 Å². The smallest absolute Gasteiger partial charge is 0.230 e. The van der Waals surface area contributed by atoms with E-state index < -0.39 is 0 Å². The number of aromatic nitrogens is 3. The Balaban J connectivity index is 1.62. The molecule has 0 aliphatic carbocycles. The van der Waals surface area contributed by atoms with Gasteiger partial charge in [-0.25, -0.2) is 4.98 Å². The van der Waals surface area contributed by atoms with Gasteiger partial charge in [-0.3, -0.25) is 4.90 Å². The third-order valence-electron chi connectivity index (χ3n) is 4.62. The molecule has 7 heteroatoms. The van der Waals surface area contributed by atoms with Gasteiger partial charge in [0.05, 0.1) is 19.3 Å². The molecule has 0 aliphatic heterocycles. The van der Waals surface area contributed by atoms with Gasteiger partial charge in [-0.2, -0.15) is 0 Å². The molecule has 0 aliphatic rings. The minimum atomic E-state index is 0.550. The number of fused-ring (bicyclic) bond motifs is 1. The molecule has 0 atom stereocenters. The van der Waals surface area contributed by atoms with Crippen molar-refractivity contribution < 1.29 is 13.6 Å². The van der Waals surface area contributed by atoms with Crippen molar-refractivity contribution in [1.29, 1.82) is 0 Å². The van der Waals surface area contributed by atoms with Crippen molar-refractivity contribution in [2.24, 2.45) is 0 Å². The van der Waals surface area contributed by atoms with Crippen LogP contribution in [0, 0.1) is 13.8 Å². The van der Waals surface area contributed by atoms with E-state index in [1.54, 1.807) is 14.0 Å². The predicted molar refractivity (Wildman–Crippen MR) is 105 cm³/mol. The fourth-order valence-electron chi connectivity index (χ4n) is 3.27. The van der Waals surface area contributed by atoms with Crippen LogP contribution in [-0.2, 0) is 13.1 Å². The summed E-state index contributed by atoms with van der Waals surface area (Å²) in [6, 6.07) is 12.0. The van der Waals surface area contributed by atoms with E-state index in [9.17, 15) is 0 Å².